The maximum atomic E-state index is 12.9. The Balaban J connectivity index is 1.59. The topological polar surface area (TPSA) is 74.8 Å². The van der Waals surface area contributed by atoms with E-state index in [0.717, 1.165) is 28.3 Å². The minimum absolute atomic E-state index is 0.0354. The number of H-pyrrole nitrogens is 1. The number of aromatic nitrogens is 4. The SMILES string of the molecule is Cc1cnc(CCN2Cc3nccc(-c4ccncc4)c3C2=O)[nH]1. The summed E-state index contributed by atoms with van der Waals surface area (Å²) in [7, 11) is 0. The van der Waals surface area contributed by atoms with E-state index in [1.807, 2.05) is 30.0 Å². The highest BCUT2D eigenvalue weighted by Crippen LogP contribution is 2.31. The number of rotatable bonds is 4. The molecule has 6 heteroatoms. The first-order valence-corrected chi connectivity index (χ1v) is 7.90. The van der Waals surface area contributed by atoms with Crippen molar-refractivity contribution in [1.82, 2.24) is 24.8 Å². The summed E-state index contributed by atoms with van der Waals surface area (Å²) in [5, 5.41) is 0. The lowest BCUT2D eigenvalue weighted by Crippen LogP contribution is -2.26. The third kappa shape index (κ3) is 2.56. The second-order valence-electron chi connectivity index (χ2n) is 5.91. The van der Waals surface area contributed by atoms with Crippen LogP contribution in [0.25, 0.3) is 11.1 Å². The van der Waals surface area contributed by atoms with Crippen LogP contribution < -0.4 is 0 Å². The van der Waals surface area contributed by atoms with Gasteiger partial charge in [-0.2, -0.15) is 0 Å². The Morgan fingerprint density at radius 1 is 1.17 bits per heavy atom. The fourth-order valence-electron chi connectivity index (χ4n) is 3.06. The van der Waals surface area contributed by atoms with E-state index in [1.54, 1.807) is 24.8 Å². The standard InChI is InChI=1S/C18H17N5O/c1-12-10-21-16(22-12)5-9-23-11-15-17(18(23)24)14(4-8-20-15)13-2-6-19-7-3-13/h2-4,6-8,10H,5,9,11H2,1H3,(H,21,22). The third-order valence-electron chi connectivity index (χ3n) is 4.24. The van der Waals surface area contributed by atoms with Crippen LogP contribution in [0.1, 0.15) is 27.6 Å². The number of amides is 1. The molecule has 0 saturated heterocycles. The molecule has 6 nitrogen and oxygen atoms in total. The van der Waals surface area contributed by atoms with Crippen LogP contribution in [-0.2, 0) is 13.0 Å². The Kier molecular flexibility index (Phi) is 3.57. The molecule has 120 valence electrons. The quantitative estimate of drug-likeness (QED) is 0.801. The van der Waals surface area contributed by atoms with E-state index in [2.05, 4.69) is 19.9 Å². The Hall–Kier alpha value is -3.02. The predicted molar refractivity (Wildman–Crippen MR) is 89.2 cm³/mol. The van der Waals surface area contributed by atoms with Gasteiger partial charge < -0.3 is 9.88 Å². The van der Waals surface area contributed by atoms with Crippen molar-refractivity contribution < 1.29 is 4.79 Å². The Labute approximate surface area is 139 Å². The van der Waals surface area contributed by atoms with Crippen LogP contribution in [0.3, 0.4) is 0 Å². The molecular weight excluding hydrogens is 302 g/mol. The molecule has 24 heavy (non-hydrogen) atoms. The van der Waals surface area contributed by atoms with Gasteiger partial charge in [0.05, 0.1) is 17.8 Å². The monoisotopic (exact) mass is 319 g/mol. The average Bonchev–Trinajstić information content (AvgIpc) is 3.17. The third-order valence-corrected chi connectivity index (χ3v) is 4.24. The zero-order chi connectivity index (χ0) is 16.5. The number of fused-ring (bicyclic) bond motifs is 1. The van der Waals surface area contributed by atoms with Crippen LogP contribution in [0.4, 0.5) is 0 Å². The van der Waals surface area contributed by atoms with Gasteiger partial charge in [0, 0.05) is 43.4 Å². The summed E-state index contributed by atoms with van der Waals surface area (Å²) in [5.41, 5.74) is 4.48. The molecule has 1 amide bonds. The van der Waals surface area contributed by atoms with Gasteiger partial charge in [-0.3, -0.25) is 14.8 Å². The minimum Gasteiger partial charge on any atom is -0.346 e. The summed E-state index contributed by atoms with van der Waals surface area (Å²) in [6.07, 6.45) is 7.75. The minimum atomic E-state index is 0.0354. The van der Waals surface area contributed by atoms with Crippen molar-refractivity contribution in [2.75, 3.05) is 6.54 Å². The summed E-state index contributed by atoms with van der Waals surface area (Å²) in [5.74, 6) is 0.937. The molecule has 1 aliphatic rings. The number of hydrogen-bond acceptors (Lipinski definition) is 4. The van der Waals surface area contributed by atoms with E-state index < -0.39 is 0 Å². The van der Waals surface area contributed by atoms with Crippen molar-refractivity contribution in [2.24, 2.45) is 0 Å². The molecular formula is C18H17N5O. The molecule has 0 fully saturated rings. The molecule has 1 aliphatic heterocycles. The number of aromatic amines is 1. The molecule has 3 aromatic rings. The normalized spacial score (nSPS) is 13.4. The molecule has 0 radical (unpaired) electrons. The number of aryl methyl sites for hydroxylation is 1. The number of carbonyl (C=O) groups excluding carboxylic acids is 1. The number of imidazole rings is 1. The predicted octanol–water partition coefficient (Wildman–Crippen LogP) is 2.37. The Bertz CT molecular complexity index is 887. The smallest absolute Gasteiger partial charge is 0.256 e. The van der Waals surface area contributed by atoms with Gasteiger partial charge in [0.1, 0.15) is 5.82 Å². The molecule has 3 aromatic heterocycles. The molecule has 0 aliphatic carbocycles. The highest BCUT2D eigenvalue weighted by molar-refractivity contribution is 6.03. The van der Waals surface area contributed by atoms with E-state index in [4.69, 9.17) is 0 Å². The van der Waals surface area contributed by atoms with E-state index in [0.29, 0.717) is 25.1 Å². The van der Waals surface area contributed by atoms with Crippen molar-refractivity contribution in [3.8, 4) is 11.1 Å². The van der Waals surface area contributed by atoms with Gasteiger partial charge in [-0.15, -0.1) is 0 Å². The van der Waals surface area contributed by atoms with Gasteiger partial charge in [0.15, 0.2) is 0 Å². The second kappa shape index (κ2) is 5.88. The van der Waals surface area contributed by atoms with Gasteiger partial charge in [-0.1, -0.05) is 0 Å². The van der Waals surface area contributed by atoms with E-state index in [-0.39, 0.29) is 5.91 Å². The lowest BCUT2D eigenvalue weighted by atomic mass is 10.0. The van der Waals surface area contributed by atoms with E-state index in [9.17, 15) is 4.79 Å². The van der Waals surface area contributed by atoms with Crippen molar-refractivity contribution in [3.05, 3.63) is 65.8 Å². The van der Waals surface area contributed by atoms with Crippen molar-refractivity contribution in [2.45, 2.75) is 19.9 Å². The van der Waals surface area contributed by atoms with Gasteiger partial charge in [-0.25, -0.2) is 4.98 Å². The summed E-state index contributed by atoms with van der Waals surface area (Å²) in [6, 6.07) is 5.72. The van der Waals surface area contributed by atoms with Crippen molar-refractivity contribution >= 4 is 5.91 Å². The number of pyridine rings is 2. The molecule has 0 aromatic carbocycles. The first-order chi connectivity index (χ1) is 11.7. The fraction of sp³-hybridized carbons (Fsp3) is 0.222. The summed E-state index contributed by atoms with van der Waals surface area (Å²) in [4.78, 5) is 30.6. The highest BCUT2D eigenvalue weighted by Gasteiger charge is 2.31. The van der Waals surface area contributed by atoms with Crippen molar-refractivity contribution in [3.63, 3.8) is 0 Å². The number of carbonyl (C=O) groups is 1. The number of hydrogen-bond donors (Lipinski definition) is 1. The number of nitrogens with one attached hydrogen (secondary N) is 1. The van der Waals surface area contributed by atoms with Crippen LogP contribution in [-0.4, -0.2) is 37.3 Å². The summed E-state index contributed by atoms with van der Waals surface area (Å²) >= 11 is 0. The van der Waals surface area contributed by atoms with E-state index >= 15 is 0 Å². The molecule has 0 unspecified atom stereocenters. The molecule has 0 spiro atoms. The molecule has 4 heterocycles. The van der Waals surface area contributed by atoms with Crippen LogP contribution >= 0.6 is 0 Å². The zero-order valence-corrected chi connectivity index (χ0v) is 13.4. The van der Waals surface area contributed by atoms with E-state index in [1.165, 1.54) is 0 Å². The van der Waals surface area contributed by atoms with Crippen LogP contribution in [0.5, 0.6) is 0 Å². The van der Waals surface area contributed by atoms with Gasteiger partial charge in [0.25, 0.3) is 5.91 Å². The lowest BCUT2D eigenvalue weighted by molar-refractivity contribution is 0.0780. The molecule has 0 atom stereocenters. The first-order valence-electron chi connectivity index (χ1n) is 7.90. The fourth-order valence-corrected chi connectivity index (χ4v) is 3.06. The molecule has 0 bridgehead atoms. The highest BCUT2D eigenvalue weighted by atomic mass is 16.2. The molecule has 0 saturated carbocycles. The maximum Gasteiger partial charge on any atom is 0.256 e. The first kappa shape index (κ1) is 14.6. The van der Waals surface area contributed by atoms with Crippen LogP contribution in [0, 0.1) is 6.92 Å². The second-order valence-corrected chi connectivity index (χ2v) is 5.91. The Morgan fingerprint density at radius 3 is 2.75 bits per heavy atom. The lowest BCUT2D eigenvalue weighted by Gasteiger charge is -2.14. The Morgan fingerprint density at radius 2 is 2.00 bits per heavy atom. The zero-order valence-electron chi connectivity index (χ0n) is 13.4. The van der Waals surface area contributed by atoms with Crippen LogP contribution in [0.2, 0.25) is 0 Å². The molecule has 4 rings (SSSR count). The number of nitrogens with zero attached hydrogens (tertiary/aromatic N) is 4. The maximum absolute atomic E-state index is 12.9. The molecule has 1 N–H and O–H groups in total. The van der Waals surface area contributed by atoms with Crippen LogP contribution in [0.15, 0.2) is 43.0 Å². The van der Waals surface area contributed by atoms with Gasteiger partial charge in [-0.05, 0) is 36.2 Å². The van der Waals surface area contributed by atoms with Gasteiger partial charge in [0.2, 0.25) is 0 Å². The average molecular weight is 319 g/mol. The summed E-state index contributed by atoms with van der Waals surface area (Å²) in [6.45, 7) is 3.14. The van der Waals surface area contributed by atoms with Gasteiger partial charge >= 0.3 is 0 Å². The largest absolute Gasteiger partial charge is 0.346 e. The summed E-state index contributed by atoms with van der Waals surface area (Å²) < 4.78 is 0. The van der Waals surface area contributed by atoms with Crippen molar-refractivity contribution in [1.29, 1.82) is 0 Å².